The number of halogens is 1. The number of rotatable bonds is 4. The molecule has 1 aliphatic heterocycles. The minimum atomic E-state index is -3.85. The number of amides is 1. The van der Waals surface area contributed by atoms with Crippen LogP contribution >= 0.6 is 11.3 Å². The van der Waals surface area contributed by atoms with Crippen LogP contribution in [0.2, 0.25) is 0 Å². The largest absolute Gasteiger partial charge is 0.333 e. The highest BCUT2D eigenvalue weighted by Crippen LogP contribution is 2.30. The lowest BCUT2D eigenvalue weighted by Gasteiger charge is -2.26. The molecule has 6 nitrogen and oxygen atoms in total. The average molecular weight is 417 g/mol. The Kier molecular flexibility index (Phi) is 4.86. The van der Waals surface area contributed by atoms with Gasteiger partial charge in [-0.05, 0) is 36.4 Å². The molecule has 0 atom stereocenters. The van der Waals surface area contributed by atoms with Crippen LogP contribution in [0.5, 0.6) is 0 Å². The van der Waals surface area contributed by atoms with Gasteiger partial charge in [-0.1, -0.05) is 29.5 Å². The first-order chi connectivity index (χ1) is 13.4. The van der Waals surface area contributed by atoms with Crippen molar-refractivity contribution in [1.29, 1.82) is 0 Å². The van der Waals surface area contributed by atoms with Gasteiger partial charge in [-0.2, -0.15) is 0 Å². The standard InChI is InChI=1S/C19H16FN3O3S2/c20-14-6-8-15(9-7-14)28(25,26)22-19-21-16-10-11-23(12-17(16)27-19)18(24)13-4-2-1-3-5-13/h1-9H,10-12H2,(H,21,22). The molecule has 0 saturated carbocycles. The second kappa shape index (κ2) is 7.33. The second-order valence-corrected chi connectivity index (χ2v) is 9.06. The molecule has 0 saturated heterocycles. The Hall–Kier alpha value is -2.78. The molecule has 9 heteroatoms. The fourth-order valence-corrected chi connectivity index (χ4v) is 5.22. The van der Waals surface area contributed by atoms with Gasteiger partial charge in [0.05, 0.1) is 17.1 Å². The summed E-state index contributed by atoms with van der Waals surface area (Å²) in [6.45, 7) is 0.910. The molecular formula is C19H16FN3O3S2. The predicted octanol–water partition coefficient (Wildman–Crippen LogP) is 3.28. The number of benzene rings is 2. The fraction of sp³-hybridized carbons (Fsp3) is 0.158. The first kappa shape index (κ1) is 18.6. The van der Waals surface area contributed by atoms with Gasteiger partial charge in [0, 0.05) is 23.4 Å². The van der Waals surface area contributed by atoms with E-state index in [0.717, 1.165) is 22.7 Å². The van der Waals surface area contributed by atoms with Gasteiger partial charge in [-0.3, -0.25) is 9.52 Å². The number of nitrogens with one attached hydrogen (secondary N) is 1. The lowest BCUT2D eigenvalue weighted by atomic mass is 10.1. The number of carbonyl (C=O) groups is 1. The predicted molar refractivity (Wildman–Crippen MR) is 104 cm³/mol. The van der Waals surface area contributed by atoms with Gasteiger partial charge in [0.25, 0.3) is 15.9 Å². The smallest absolute Gasteiger partial charge is 0.263 e. The van der Waals surface area contributed by atoms with Crippen LogP contribution in [0.3, 0.4) is 0 Å². The summed E-state index contributed by atoms with van der Waals surface area (Å²) in [4.78, 5) is 19.5. The van der Waals surface area contributed by atoms with Crippen molar-refractivity contribution in [2.75, 3.05) is 11.3 Å². The zero-order valence-corrected chi connectivity index (χ0v) is 16.3. The van der Waals surface area contributed by atoms with Crippen molar-refractivity contribution in [3.8, 4) is 0 Å². The van der Waals surface area contributed by atoms with E-state index in [1.807, 2.05) is 18.2 Å². The Morgan fingerprint density at radius 3 is 2.54 bits per heavy atom. The van der Waals surface area contributed by atoms with Gasteiger partial charge in [0.15, 0.2) is 5.13 Å². The van der Waals surface area contributed by atoms with E-state index in [-0.39, 0.29) is 15.9 Å². The molecule has 0 aliphatic carbocycles. The Morgan fingerprint density at radius 2 is 1.82 bits per heavy atom. The van der Waals surface area contributed by atoms with Crippen LogP contribution in [0.15, 0.2) is 59.5 Å². The van der Waals surface area contributed by atoms with Crippen LogP contribution in [0.25, 0.3) is 0 Å². The normalized spacial score (nSPS) is 13.8. The maximum Gasteiger partial charge on any atom is 0.263 e. The summed E-state index contributed by atoms with van der Waals surface area (Å²) in [5.74, 6) is -0.570. The number of hydrogen-bond donors (Lipinski definition) is 1. The number of carbonyl (C=O) groups excluding carboxylic acids is 1. The Labute approximate surface area is 165 Å². The van der Waals surface area contributed by atoms with Crippen molar-refractivity contribution >= 4 is 32.4 Å². The van der Waals surface area contributed by atoms with E-state index in [2.05, 4.69) is 9.71 Å². The molecule has 1 aromatic heterocycles. The first-order valence-electron chi connectivity index (χ1n) is 8.54. The van der Waals surface area contributed by atoms with Gasteiger partial charge in [0.2, 0.25) is 0 Å². The molecule has 4 rings (SSSR count). The lowest BCUT2D eigenvalue weighted by Crippen LogP contribution is -2.35. The van der Waals surface area contributed by atoms with Crippen molar-refractivity contribution < 1.29 is 17.6 Å². The minimum Gasteiger partial charge on any atom is -0.333 e. The van der Waals surface area contributed by atoms with E-state index in [9.17, 15) is 17.6 Å². The molecule has 3 aromatic rings. The van der Waals surface area contributed by atoms with E-state index in [4.69, 9.17) is 0 Å². The zero-order chi connectivity index (χ0) is 19.7. The quantitative estimate of drug-likeness (QED) is 0.707. The van der Waals surface area contributed by atoms with Gasteiger partial charge >= 0.3 is 0 Å². The summed E-state index contributed by atoms with van der Waals surface area (Å²) < 4.78 is 40.4. The average Bonchev–Trinajstić information content (AvgIpc) is 3.09. The molecule has 2 heterocycles. The molecule has 0 fully saturated rings. The molecule has 2 aromatic carbocycles. The fourth-order valence-electron chi connectivity index (χ4n) is 2.96. The van der Waals surface area contributed by atoms with E-state index < -0.39 is 15.8 Å². The highest BCUT2D eigenvalue weighted by atomic mass is 32.2. The van der Waals surface area contributed by atoms with Crippen LogP contribution in [-0.2, 0) is 23.0 Å². The Balaban J connectivity index is 1.51. The summed E-state index contributed by atoms with van der Waals surface area (Å²) in [6, 6.07) is 13.6. The molecular weight excluding hydrogens is 401 g/mol. The topological polar surface area (TPSA) is 79.4 Å². The SMILES string of the molecule is O=C(c1ccccc1)N1CCc2nc(NS(=O)(=O)c3ccc(F)cc3)sc2C1. The molecule has 28 heavy (non-hydrogen) atoms. The number of thiazole rings is 1. The summed E-state index contributed by atoms with van der Waals surface area (Å²) in [6.07, 6.45) is 0.558. The van der Waals surface area contributed by atoms with Crippen molar-refractivity contribution in [2.24, 2.45) is 0 Å². The monoisotopic (exact) mass is 417 g/mol. The highest BCUT2D eigenvalue weighted by Gasteiger charge is 2.26. The van der Waals surface area contributed by atoms with Crippen LogP contribution in [0, 0.1) is 5.82 Å². The molecule has 144 valence electrons. The first-order valence-corrected chi connectivity index (χ1v) is 10.8. The maximum atomic E-state index is 13.0. The number of nitrogens with zero attached hydrogens (tertiary/aromatic N) is 2. The molecule has 0 radical (unpaired) electrons. The van der Waals surface area contributed by atoms with Gasteiger partial charge in [0.1, 0.15) is 5.82 Å². The number of sulfonamides is 1. The van der Waals surface area contributed by atoms with Gasteiger partial charge in [-0.25, -0.2) is 17.8 Å². The van der Waals surface area contributed by atoms with E-state index in [1.165, 1.54) is 23.5 Å². The summed E-state index contributed by atoms with van der Waals surface area (Å²) in [5.41, 5.74) is 1.41. The van der Waals surface area contributed by atoms with E-state index >= 15 is 0 Å². The lowest BCUT2D eigenvalue weighted by molar-refractivity contribution is 0.0736. The Morgan fingerprint density at radius 1 is 1.11 bits per heavy atom. The summed E-state index contributed by atoms with van der Waals surface area (Å²) >= 11 is 1.21. The molecule has 0 spiro atoms. The van der Waals surface area contributed by atoms with Gasteiger partial charge < -0.3 is 4.90 Å². The van der Waals surface area contributed by atoms with E-state index in [0.29, 0.717) is 25.1 Å². The molecule has 0 bridgehead atoms. The van der Waals surface area contributed by atoms with Crippen LogP contribution in [-0.4, -0.2) is 30.8 Å². The van der Waals surface area contributed by atoms with Crippen LogP contribution in [0.4, 0.5) is 9.52 Å². The third kappa shape index (κ3) is 3.76. The van der Waals surface area contributed by atoms with Crippen LogP contribution < -0.4 is 4.72 Å². The van der Waals surface area contributed by atoms with Crippen molar-refractivity contribution in [2.45, 2.75) is 17.9 Å². The number of fused-ring (bicyclic) bond motifs is 1. The highest BCUT2D eigenvalue weighted by molar-refractivity contribution is 7.93. The van der Waals surface area contributed by atoms with Crippen molar-refractivity contribution in [3.63, 3.8) is 0 Å². The number of aromatic nitrogens is 1. The third-order valence-corrected chi connectivity index (χ3v) is 6.87. The van der Waals surface area contributed by atoms with Crippen molar-refractivity contribution in [1.82, 2.24) is 9.88 Å². The van der Waals surface area contributed by atoms with Crippen molar-refractivity contribution in [3.05, 3.63) is 76.5 Å². The molecule has 1 N–H and O–H groups in total. The minimum absolute atomic E-state index is 0.0389. The van der Waals surface area contributed by atoms with Crippen LogP contribution in [0.1, 0.15) is 20.9 Å². The Bertz CT molecular complexity index is 1110. The summed E-state index contributed by atoms with van der Waals surface area (Å²) in [5, 5.41) is 0.239. The number of anilines is 1. The second-order valence-electron chi connectivity index (χ2n) is 6.29. The zero-order valence-electron chi connectivity index (χ0n) is 14.6. The molecule has 1 aliphatic rings. The summed E-state index contributed by atoms with van der Waals surface area (Å²) in [7, 11) is -3.85. The maximum absolute atomic E-state index is 13.0. The number of hydrogen-bond acceptors (Lipinski definition) is 5. The van der Waals surface area contributed by atoms with Gasteiger partial charge in [-0.15, -0.1) is 0 Å². The van der Waals surface area contributed by atoms with E-state index in [1.54, 1.807) is 17.0 Å². The molecule has 0 unspecified atom stereocenters. The molecule has 1 amide bonds. The third-order valence-electron chi connectivity index (χ3n) is 4.38.